The van der Waals surface area contributed by atoms with Gasteiger partial charge in [0.05, 0.1) is 16.0 Å². The normalized spacial score (nSPS) is 19.6. The summed E-state index contributed by atoms with van der Waals surface area (Å²) in [6.07, 6.45) is -0.719. The molecule has 0 unspecified atom stereocenters. The fourth-order valence-electron chi connectivity index (χ4n) is 3.34. The zero-order valence-electron chi connectivity index (χ0n) is 12.7. The van der Waals surface area contributed by atoms with Gasteiger partial charge in [0.2, 0.25) is 0 Å². The molecule has 1 aromatic heterocycles. The van der Waals surface area contributed by atoms with Gasteiger partial charge in [-0.25, -0.2) is 9.37 Å². The smallest absolute Gasteiger partial charge is 0.387 e. The van der Waals surface area contributed by atoms with E-state index in [1.807, 2.05) is 0 Å². The van der Waals surface area contributed by atoms with Crippen molar-refractivity contribution in [1.82, 2.24) is 9.55 Å². The van der Waals surface area contributed by atoms with Gasteiger partial charge in [-0.1, -0.05) is 18.2 Å². The first kappa shape index (κ1) is 16.4. The van der Waals surface area contributed by atoms with E-state index in [9.17, 15) is 18.3 Å². The van der Waals surface area contributed by atoms with E-state index in [1.165, 1.54) is 12.1 Å². The summed E-state index contributed by atoms with van der Waals surface area (Å²) < 4.78 is 46.5. The van der Waals surface area contributed by atoms with E-state index in [0.717, 1.165) is 0 Å². The molecule has 8 heteroatoms. The first-order chi connectivity index (χ1) is 12.0. The van der Waals surface area contributed by atoms with Crippen molar-refractivity contribution < 1.29 is 23.0 Å². The maximum Gasteiger partial charge on any atom is 0.387 e. The Morgan fingerprint density at radius 1 is 1.24 bits per heavy atom. The van der Waals surface area contributed by atoms with Gasteiger partial charge in [-0.15, -0.1) is 0 Å². The molecular weight excluding hydrogens is 401 g/mol. The highest BCUT2D eigenvalue weighted by Gasteiger charge is 2.36. The number of ether oxygens (including phenoxy) is 1. The number of rotatable bonds is 3. The molecule has 4 rings (SSSR count). The van der Waals surface area contributed by atoms with Crippen molar-refractivity contribution in [3.8, 4) is 5.75 Å². The molecule has 25 heavy (non-hydrogen) atoms. The van der Waals surface area contributed by atoms with E-state index in [1.54, 1.807) is 28.8 Å². The van der Waals surface area contributed by atoms with Crippen LogP contribution in [0.2, 0.25) is 0 Å². The number of aromatic nitrogens is 2. The number of nitrogens with zero attached hydrogens (tertiary/aromatic N) is 2. The Morgan fingerprint density at radius 2 is 2.00 bits per heavy atom. The van der Waals surface area contributed by atoms with E-state index < -0.39 is 24.6 Å². The first-order valence-electron chi connectivity index (χ1n) is 7.55. The molecule has 1 aliphatic rings. The summed E-state index contributed by atoms with van der Waals surface area (Å²) in [5.41, 5.74) is 1.06. The molecule has 1 aliphatic heterocycles. The Balaban J connectivity index is 1.93. The number of benzene rings is 2. The predicted molar refractivity (Wildman–Crippen MR) is 88.2 cm³/mol. The summed E-state index contributed by atoms with van der Waals surface area (Å²) in [5.74, 6) is -0.203. The zero-order chi connectivity index (χ0) is 17.7. The van der Waals surface area contributed by atoms with Crippen molar-refractivity contribution in [2.45, 2.75) is 25.2 Å². The van der Waals surface area contributed by atoms with Crippen LogP contribution < -0.4 is 4.74 Å². The number of aliphatic hydroxyl groups is 1. The average Bonchev–Trinajstić information content (AvgIpc) is 3.09. The van der Waals surface area contributed by atoms with Crippen molar-refractivity contribution in [3.05, 3.63) is 58.1 Å². The molecule has 0 spiro atoms. The summed E-state index contributed by atoms with van der Waals surface area (Å²) >= 11 is 3.15. The molecular formula is C17H12BrF3N2O2. The Bertz CT molecular complexity index is 960. The highest BCUT2D eigenvalue weighted by Crippen LogP contribution is 2.44. The van der Waals surface area contributed by atoms with Gasteiger partial charge in [-0.05, 0) is 34.1 Å². The number of aliphatic hydroxyl groups excluding tert-OH is 1. The van der Waals surface area contributed by atoms with Gasteiger partial charge in [0.25, 0.3) is 0 Å². The lowest BCUT2D eigenvalue weighted by atomic mass is 10.0. The molecule has 0 radical (unpaired) electrons. The zero-order valence-corrected chi connectivity index (χ0v) is 14.3. The Hall–Kier alpha value is -2.06. The van der Waals surface area contributed by atoms with E-state index in [0.29, 0.717) is 16.9 Å². The van der Waals surface area contributed by atoms with Crippen LogP contribution in [0, 0.1) is 5.82 Å². The van der Waals surface area contributed by atoms with Crippen LogP contribution >= 0.6 is 15.9 Å². The maximum absolute atomic E-state index is 14.7. The quantitative estimate of drug-likeness (QED) is 0.685. The van der Waals surface area contributed by atoms with Crippen LogP contribution in [-0.2, 0) is 0 Å². The summed E-state index contributed by atoms with van der Waals surface area (Å²) in [4.78, 5) is 4.31. The van der Waals surface area contributed by atoms with Crippen molar-refractivity contribution in [1.29, 1.82) is 0 Å². The molecule has 0 aliphatic carbocycles. The van der Waals surface area contributed by atoms with Crippen molar-refractivity contribution in [2.24, 2.45) is 0 Å². The SMILES string of the molecule is O[C@@H]1C[C@H](c2ccccc2OC(F)F)n2c1nc1ccc(Br)c(F)c12. The Labute approximate surface area is 149 Å². The minimum atomic E-state index is -2.97. The molecule has 2 aromatic carbocycles. The van der Waals surface area contributed by atoms with E-state index in [2.05, 4.69) is 25.7 Å². The molecule has 1 N–H and O–H groups in total. The van der Waals surface area contributed by atoms with Crippen LogP contribution in [0.3, 0.4) is 0 Å². The second-order valence-electron chi connectivity index (χ2n) is 5.75. The molecule has 130 valence electrons. The summed E-state index contributed by atoms with van der Waals surface area (Å²) in [5, 5.41) is 10.3. The van der Waals surface area contributed by atoms with E-state index in [-0.39, 0.29) is 22.2 Å². The molecule has 3 aromatic rings. The molecule has 2 heterocycles. The van der Waals surface area contributed by atoms with Crippen LogP contribution in [0.4, 0.5) is 13.2 Å². The largest absolute Gasteiger partial charge is 0.434 e. The molecule has 0 saturated heterocycles. The van der Waals surface area contributed by atoms with Crippen LogP contribution in [0.1, 0.15) is 30.0 Å². The number of fused-ring (bicyclic) bond motifs is 3. The lowest BCUT2D eigenvalue weighted by Gasteiger charge is -2.19. The number of imidazole rings is 1. The maximum atomic E-state index is 14.7. The van der Waals surface area contributed by atoms with E-state index in [4.69, 9.17) is 0 Å². The third-order valence-electron chi connectivity index (χ3n) is 4.32. The first-order valence-corrected chi connectivity index (χ1v) is 8.34. The summed E-state index contributed by atoms with van der Waals surface area (Å²) in [6, 6.07) is 8.94. The second kappa shape index (κ2) is 6.03. The number of alkyl halides is 2. The molecule has 0 saturated carbocycles. The molecule has 0 bridgehead atoms. The van der Waals surface area contributed by atoms with Gasteiger partial charge in [0, 0.05) is 12.0 Å². The van der Waals surface area contributed by atoms with Gasteiger partial charge in [0.1, 0.15) is 23.2 Å². The second-order valence-corrected chi connectivity index (χ2v) is 6.61. The molecule has 2 atom stereocenters. The highest BCUT2D eigenvalue weighted by molar-refractivity contribution is 9.10. The van der Waals surface area contributed by atoms with Crippen LogP contribution in [0.5, 0.6) is 5.75 Å². The van der Waals surface area contributed by atoms with Gasteiger partial charge in [-0.3, -0.25) is 0 Å². The van der Waals surface area contributed by atoms with Crippen molar-refractivity contribution in [3.63, 3.8) is 0 Å². The summed E-state index contributed by atoms with van der Waals surface area (Å²) in [7, 11) is 0. The Kier molecular flexibility index (Phi) is 3.96. The standard InChI is InChI=1S/C17H12BrF3N2O2/c18-9-5-6-10-15(14(9)19)23-11(7-12(24)16(23)22-10)8-3-1-2-4-13(8)25-17(20)21/h1-6,11-12,17,24H,7H2/t11-,12-/m1/s1. The Morgan fingerprint density at radius 3 is 2.76 bits per heavy atom. The minimum Gasteiger partial charge on any atom is -0.434 e. The predicted octanol–water partition coefficient (Wildman–Crippen LogP) is 4.57. The fraction of sp³-hybridized carbons (Fsp3) is 0.235. The molecule has 0 fully saturated rings. The topological polar surface area (TPSA) is 47.3 Å². The van der Waals surface area contributed by atoms with Crippen molar-refractivity contribution >= 4 is 27.0 Å². The van der Waals surface area contributed by atoms with Crippen LogP contribution in [0.15, 0.2) is 40.9 Å². The summed E-state index contributed by atoms with van der Waals surface area (Å²) in [6.45, 7) is -2.97. The third-order valence-corrected chi connectivity index (χ3v) is 4.93. The van der Waals surface area contributed by atoms with Crippen molar-refractivity contribution in [2.75, 3.05) is 0 Å². The van der Waals surface area contributed by atoms with E-state index >= 15 is 0 Å². The monoisotopic (exact) mass is 412 g/mol. The molecule has 0 amide bonds. The van der Waals surface area contributed by atoms with Gasteiger partial charge < -0.3 is 14.4 Å². The van der Waals surface area contributed by atoms with Crippen LogP contribution in [-0.4, -0.2) is 21.3 Å². The minimum absolute atomic E-state index is 0.000181. The third kappa shape index (κ3) is 2.60. The van der Waals surface area contributed by atoms with Gasteiger partial charge >= 0.3 is 6.61 Å². The fourth-order valence-corrected chi connectivity index (χ4v) is 3.66. The lowest BCUT2D eigenvalue weighted by Crippen LogP contribution is -2.11. The number of hydrogen-bond acceptors (Lipinski definition) is 3. The average molecular weight is 413 g/mol. The van der Waals surface area contributed by atoms with Gasteiger partial charge in [0.15, 0.2) is 5.82 Å². The number of halogens is 4. The molecule has 4 nitrogen and oxygen atoms in total. The van der Waals surface area contributed by atoms with Crippen LogP contribution in [0.25, 0.3) is 11.0 Å². The highest BCUT2D eigenvalue weighted by atomic mass is 79.9. The lowest BCUT2D eigenvalue weighted by molar-refractivity contribution is -0.0507. The number of para-hydroxylation sites is 1. The van der Waals surface area contributed by atoms with Gasteiger partial charge in [-0.2, -0.15) is 8.78 Å². The number of hydrogen-bond donors (Lipinski definition) is 1.